The number of aliphatic carboxylic acids is 1. The number of carboxylic acid groups (broad SMARTS) is 1. The van der Waals surface area contributed by atoms with Crippen LogP contribution in [0.3, 0.4) is 0 Å². The fraction of sp³-hybridized carbons (Fsp3) is 0.625. The van der Waals surface area contributed by atoms with Gasteiger partial charge in [0.25, 0.3) is 0 Å². The van der Waals surface area contributed by atoms with Crippen molar-refractivity contribution in [2.45, 2.75) is 18.6 Å². The van der Waals surface area contributed by atoms with Crippen LogP contribution in [0.25, 0.3) is 0 Å². The van der Waals surface area contributed by atoms with Crippen LogP contribution in [0, 0.1) is 0 Å². The molecule has 0 aromatic rings. The minimum Gasteiger partial charge on any atom is -0.481 e. The number of hydrogen-bond donors (Lipinski definition) is 2. The zero-order valence-corrected chi connectivity index (χ0v) is 8.06. The van der Waals surface area contributed by atoms with E-state index in [0.29, 0.717) is 0 Å². The summed E-state index contributed by atoms with van der Waals surface area (Å²) in [6.07, 6.45) is -1.36. The van der Waals surface area contributed by atoms with Crippen molar-refractivity contribution in [1.82, 2.24) is 5.32 Å². The number of rotatable bonds is 3. The van der Waals surface area contributed by atoms with E-state index in [0.717, 1.165) is 0 Å². The van der Waals surface area contributed by atoms with E-state index in [2.05, 4.69) is 10.1 Å². The lowest BCUT2D eigenvalue weighted by molar-refractivity contribution is -0.172. The lowest BCUT2D eigenvalue weighted by Crippen LogP contribution is -2.53. The highest BCUT2D eigenvalue weighted by Crippen LogP contribution is 2.07. The van der Waals surface area contributed by atoms with Crippen LogP contribution >= 0.6 is 0 Å². The first kappa shape index (κ1) is 11.4. The largest absolute Gasteiger partial charge is 0.481 e. The number of ether oxygens (including phenoxy) is 2. The Morgan fingerprint density at radius 2 is 2.33 bits per heavy atom. The van der Waals surface area contributed by atoms with Crippen LogP contribution in [0.5, 0.6) is 0 Å². The van der Waals surface area contributed by atoms with Gasteiger partial charge in [-0.15, -0.1) is 0 Å². The molecule has 1 saturated heterocycles. The first-order valence-corrected chi connectivity index (χ1v) is 4.28. The molecule has 1 rings (SSSR count). The van der Waals surface area contributed by atoms with Crippen molar-refractivity contribution in [2.24, 2.45) is 0 Å². The summed E-state index contributed by atoms with van der Waals surface area (Å²) in [5, 5.41) is 11.1. The van der Waals surface area contributed by atoms with E-state index in [-0.39, 0.29) is 13.0 Å². The van der Waals surface area contributed by atoms with Crippen LogP contribution in [0.1, 0.15) is 6.42 Å². The Morgan fingerprint density at radius 3 is 2.80 bits per heavy atom. The Hall–Kier alpha value is -1.63. The minimum atomic E-state index is -1.11. The number of methoxy groups -OCH3 is 1. The Kier molecular flexibility index (Phi) is 3.62. The molecule has 1 heterocycles. The molecule has 0 saturated carbocycles. The van der Waals surface area contributed by atoms with E-state index in [1.165, 1.54) is 7.11 Å². The van der Waals surface area contributed by atoms with Crippen LogP contribution in [0.15, 0.2) is 0 Å². The molecule has 1 aliphatic heterocycles. The Morgan fingerprint density at radius 1 is 1.67 bits per heavy atom. The molecule has 0 spiro atoms. The van der Waals surface area contributed by atoms with E-state index in [9.17, 15) is 14.4 Å². The highest BCUT2D eigenvalue weighted by Gasteiger charge is 2.35. The Bertz CT molecular complexity index is 289. The molecular formula is C8H11NO6. The number of esters is 2. The van der Waals surface area contributed by atoms with Crippen LogP contribution in [0.4, 0.5) is 0 Å². The van der Waals surface area contributed by atoms with Crippen molar-refractivity contribution >= 4 is 17.9 Å². The molecule has 0 amide bonds. The minimum absolute atomic E-state index is 0.0658. The van der Waals surface area contributed by atoms with Gasteiger partial charge in [-0.2, -0.15) is 0 Å². The van der Waals surface area contributed by atoms with Gasteiger partial charge in [0, 0.05) is 6.54 Å². The predicted molar refractivity (Wildman–Crippen MR) is 45.9 cm³/mol. The van der Waals surface area contributed by atoms with E-state index < -0.39 is 30.1 Å². The fourth-order valence-corrected chi connectivity index (χ4v) is 1.19. The number of carboxylic acids is 1. The number of hydrogen-bond acceptors (Lipinski definition) is 6. The lowest BCUT2D eigenvalue weighted by Gasteiger charge is -2.26. The van der Waals surface area contributed by atoms with E-state index >= 15 is 0 Å². The fourth-order valence-electron chi connectivity index (χ4n) is 1.19. The van der Waals surface area contributed by atoms with Gasteiger partial charge in [0.1, 0.15) is 6.04 Å². The molecule has 0 bridgehead atoms. The summed E-state index contributed by atoms with van der Waals surface area (Å²) in [6.45, 7) is 0.0658. The SMILES string of the molecule is COC(=O)C1CNC(CC(=O)O)C(=O)O1. The van der Waals surface area contributed by atoms with Crippen molar-refractivity contribution in [1.29, 1.82) is 0 Å². The van der Waals surface area contributed by atoms with Gasteiger partial charge in [0.15, 0.2) is 0 Å². The smallest absolute Gasteiger partial charge is 0.348 e. The third kappa shape index (κ3) is 2.91. The molecule has 1 fully saturated rings. The standard InChI is InChI=1S/C8H11NO6/c1-14-8(13)5-3-9-4(2-6(10)11)7(12)15-5/h4-5,9H,2-3H2,1H3,(H,10,11). The zero-order chi connectivity index (χ0) is 11.4. The summed E-state index contributed by atoms with van der Waals surface area (Å²) < 4.78 is 9.10. The summed E-state index contributed by atoms with van der Waals surface area (Å²) in [5.74, 6) is -2.52. The Balaban J connectivity index is 2.51. The second kappa shape index (κ2) is 4.74. The summed E-state index contributed by atoms with van der Waals surface area (Å²) in [6, 6.07) is -0.900. The van der Waals surface area contributed by atoms with Gasteiger partial charge in [0.2, 0.25) is 6.10 Å². The maximum absolute atomic E-state index is 11.2. The molecule has 84 valence electrons. The molecule has 1 aliphatic rings. The van der Waals surface area contributed by atoms with Gasteiger partial charge >= 0.3 is 17.9 Å². The Labute approximate surface area is 85.3 Å². The average Bonchev–Trinajstić information content (AvgIpc) is 2.19. The van der Waals surface area contributed by atoms with Crippen LogP contribution in [0.2, 0.25) is 0 Å². The second-order valence-electron chi connectivity index (χ2n) is 3.01. The number of carbonyl (C=O) groups is 3. The van der Waals surface area contributed by atoms with Gasteiger partial charge in [-0.3, -0.25) is 14.9 Å². The molecule has 2 unspecified atom stereocenters. The predicted octanol–water partition coefficient (Wildman–Crippen LogP) is -1.48. The van der Waals surface area contributed by atoms with E-state index in [1.807, 2.05) is 0 Å². The molecule has 7 nitrogen and oxygen atoms in total. The maximum Gasteiger partial charge on any atom is 0.348 e. The van der Waals surface area contributed by atoms with Gasteiger partial charge < -0.3 is 14.6 Å². The summed E-state index contributed by atoms with van der Waals surface area (Å²) in [5.41, 5.74) is 0. The highest BCUT2D eigenvalue weighted by atomic mass is 16.6. The molecule has 0 radical (unpaired) electrons. The average molecular weight is 217 g/mol. The number of morpholine rings is 1. The number of carbonyl (C=O) groups excluding carboxylic acids is 2. The van der Waals surface area contributed by atoms with Gasteiger partial charge in [0.05, 0.1) is 13.5 Å². The van der Waals surface area contributed by atoms with Gasteiger partial charge in [-0.25, -0.2) is 4.79 Å². The number of nitrogens with one attached hydrogen (secondary N) is 1. The highest BCUT2D eigenvalue weighted by molar-refractivity contribution is 5.86. The third-order valence-electron chi connectivity index (χ3n) is 1.94. The molecule has 0 aromatic heterocycles. The van der Waals surface area contributed by atoms with Crippen molar-refractivity contribution in [3.63, 3.8) is 0 Å². The van der Waals surface area contributed by atoms with E-state index in [4.69, 9.17) is 9.84 Å². The van der Waals surface area contributed by atoms with Crippen molar-refractivity contribution in [3.05, 3.63) is 0 Å². The van der Waals surface area contributed by atoms with Gasteiger partial charge in [-0.1, -0.05) is 0 Å². The summed E-state index contributed by atoms with van der Waals surface area (Å²) >= 11 is 0. The van der Waals surface area contributed by atoms with E-state index in [1.54, 1.807) is 0 Å². The molecule has 2 atom stereocenters. The summed E-state index contributed by atoms with van der Waals surface area (Å²) in [4.78, 5) is 32.5. The van der Waals surface area contributed by atoms with Gasteiger partial charge in [-0.05, 0) is 0 Å². The number of cyclic esters (lactones) is 1. The first-order valence-electron chi connectivity index (χ1n) is 4.28. The maximum atomic E-state index is 11.2. The third-order valence-corrected chi connectivity index (χ3v) is 1.94. The molecule has 0 aromatic carbocycles. The lowest BCUT2D eigenvalue weighted by atomic mass is 10.1. The topological polar surface area (TPSA) is 102 Å². The van der Waals surface area contributed by atoms with Crippen molar-refractivity contribution < 1.29 is 29.0 Å². The summed E-state index contributed by atoms with van der Waals surface area (Å²) in [7, 11) is 1.18. The monoisotopic (exact) mass is 217 g/mol. The quantitative estimate of drug-likeness (QED) is 0.555. The second-order valence-corrected chi connectivity index (χ2v) is 3.01. The van der Waals surface area contributed by atoms with Crippen LogP contribution in [-0.4, -0.2) is 48.8 Å². The zero-order valence-electron chi connectivity index (χ0n) is 8.06. The van der Waals surface area contributed by atoms with Crippen molar-refractivity contribution in [2.75, 3.05) is 13.7 Å². The molecule has 2 N–H and O–H groups in total. The van der Waals surface area contributed by atoms with Crippen LogP contribution < -0.4 is 5.32 Å². The molecule has 15 heavy (non-hydrogen) atoms. The molecular weight excluding hydrogens is 206 g/mol. The normalized spacial score (nSPS) is 25.5. The van der Waals surface area contributed by atoms with Crippen LogP contribution in [-0.2, 0) is 23.9 Å². The molecule has 7 heteroatoms. The van der Waals surface area contributed by atoms with Crippen molar-refractivity contribution in [3.8, 4) is 0 Å². The molecule has 0 aliphatic carbocycles. The first-order chi connectivity index (χ1) is 7.04.